The molecule has 1 N–H and O–H groups in total. The lowest BCUT2D eigenvalue weighted by Crippen LogP contribution is -2.43. The topological polar surface area (TPSA) is 21.3 Å². The largest absolute Gasteiger partial charge is 0.378 e. The summed E-state index contributed by atoms with van der Waals surface area (Å²) in [5.74, 6) is 1.20. The Morgan fingerprint density at radius 3 is 3.00 bits per heavy atom. The van der Waals surface area contributed by atoms with Crippen molar-refractivity contribution in [2.75, 3.05) is 18.6 Å². The van der Waals surface area contributed by atoms with E-state index in [-0.39, 0.29) is 0 Å². The normalized spacial score (nSPS) is 30.2. The van der Waals surface area contributed by atoms with Crippen molar-refractivity contribution in [3.05, 3.63) is 0 Å². The standard InChI is InChI=1S/C11H23NOS/c1-4-11-7-10(5-6-13-11)12-9(2)8-14-3/h9-12H,4-8H2,1-3H3. The fourth-order valence-corrected chi connectivity index (χ4v) is 2.61. The van der Waals surface area contributed by atoms with E-state index in [2.05, 4.69) is 25.4 Å². The lowest BCUT2D eigenvalue weighted by molar-refractivity contribution is -0.00118. The summed E-state index contributed by atoms with van der Waals surface area (Å²) in [6.45, 7) is 5.41. The van der Waals surface area contributed by atoms with Crippen LogP contribution in [-0.2, 0) is 4.74 Å². The molecule has 0 bridgehead atoms. The van der Waals surface area contributed by atoms with Crippen molar-refractivity contribution in [2.45, 2.75) is 51.3 Å². The van der Waals surface area contributed by atoms with Crippen molar-refractivity contribution in [1.29, 1.82) is 0 Å². The average molecular weight is 217 g/mol. The molecule has 0 aromatic rings. The summed E-state index contributed by atoms with van der Waals surface area (Å²) in [6, 6.07) is 1.31. The molecular formula is C11H23NOS. The van der Waals surface area contributed by atoms with Gasteiger partial charge in [0, 0.05) is 24.4 Å². The third-order valence-electron chi connectivity index (χ3n) is 2.76. The van der Waals surface area contributed by atoms with Gasteiger partial charge >= 0.3 is 0 Å². The maximum absolute atomic E-state index is 5.65. The second kappa shape index (κ2) is 6.70. The summed E-state index contributed by atoms with van der Waals surface area (Å²) in [6.07, 6.45) is 6.17. The van der Waals surface area contributed by atoms with E-state index in [1.807, 2.05) is 11.8 Å². The van der Waals surface area contributed by atoms with Gasteiger partial charge in [0.2, 0.25) is 0 Å². The predicted molar refractivity (Wildman–Crippen MR) is 64.0 cm³/mol. The zero-order chi connectivity index (χ0) is 10.4. The molecule has 0 aliphatic carbocycles. The molecule has 0 aromatic heterocycles. The molecule has 3 heteroatoms. The van der Waals surface area contributed by atoms with Crippen LogP contribution in [0.1, 0.15) is 33.1 Å². The van der Waals surface area contributed by atoms with E-state index < -0.39 is 0 Å². The SMILES string of the molecule is CCC1CC(NC(C)CSC)CCO1. The highest BCUT2D eigenvalue weighted by Gasteiger charge is 2.21. The molecule has 1 fully saturated rings. The van der Waals surface area contributed by atoms with Crippen molar-refractivity contribution in [3.63, 3.8) is 0 Å². The molecule has 3 atom stereocenters. The van der Waals surface area contributed by atoms with Crippen molar-refractivity contribution in [1.82, 2.24) is 5.32 Å². The van der Waals surface area contributed by atoms with E-state index in [1.165, 1.54) is 18.6 Å². The van der Waals surface area contributed by atoms with Crippen LogP contribution in [0.15, 0.2) is 0 Å². The smallest absolute Gasteiger partial charge is 0.0587 e. The Morgan fingerprint density at radius 2 is 2.36 bits per heavy atom. The quantitative estimate of drug-likeness (QED) is 0.763. The van der Waals surface area contributed by atoms with Gasteiger partial charge in [0.05, 0.1) is 6.10 Å². The summed E-state index contributed by atoms with van der Waals surface area (Å²) in [7, 11) is 0. The zero-order valence-electron chi connectivity index (χ0n) is 9.58. The van der Waals surface area contributed by atoms with Crippen LogP contribution in [0, 0.1) is 0 Å². The Kier molecular flexibility index (Phi) is 5.90. The number of thioether (sulfide) groups is 1. The number of rotatable bonds is 5. The van der Waals surface area contributed by atoms with Gasteiger partial charge in [0.25, 0.3) is 0 Å². The van der Waals surface area contributed by atoms with Gasteiger partial charge < -0.3 is 10.1 Å². The van der Waals surface area contributed by atoms with Crippen LogP contribution in [0.25, 0.3) is 0 Å². The van der Waals surface area contributed by atoms with Crippen LogP contribution in [0.2, 0.25) is 0 Å². The molecule has 1 heterocycles. The van der Waals surface area contributed by atoms with Gasteiger partial charge in [-0.25, -0.2) is 0 Å². The van der Waals surface area contributed by atoms with E-state index in [0.29, 0.717) is 18.2 Å². The first kappa shape index (κ1) is 12.3. The maximum atomic E-state index is 5.65. The molecule has 0 spiro atoms. The van der Waals surface area contributed by atoms with Gasteiger partial charge in [0.15, 0.2) is 0 Å². The molecule has 1 aliphatic heterocycles. The van der Waals surface area contributed by atoms with Crippen LogP contribution in [0.5, 0.6) is 0 Å². The Morgan fingerprint density at radius 1 is 1.57 bits per heavy atom. The fraction of sp³-hybridized carbons (Fsp3) is 1.00. The molecule has 2 nitrogen and oxygen atoms in total. The highest BCUT2D eigenvalue weighted by Crippen LogP contribution is 2.17. The minimum absolute atomic E-state index is 0.489. The fourth-order valence-electron chi connectivity index (χ4n) is 2.02. The van der Waals surface area contributed by atoms with Crippen LogP contribution >= 0.6 is 11.8 Å². The van der Waals surface area contributed by atoms with Crippen LogP contribution < -0.4 is 5.32 Å². The predicted octanol–water partition coefficient (Wildman–Crippen LogP) is 2.29. The summed E-state index contributed by atoms with van der Waals surface area (Å²) >= 11 is 1.91. The van der Waals surface area contributed by atoms with Crippen molar-refractivity contribution >= 4 is 11.8 Å². The number of hydrogen-bond acceptors (Lipinski definition) is 3. The third kappa shape index (κ3) is 4.20. The minimum atomic E-state index is 0.489. The molecule has 1 saturated heterocycles. The summed E-state index contributed by atoms with van der Waals surface area (Å²) in [4.78, 5) is 0. The minimum Gasteiger partial charge on any atom is -0.378 e. The van der Waals surface area contributed by atoms with Crippen molar-refractivity contribution in [3.8, 4) is 0 Å². The number of hydrogen-bond donors (Lipinski definition) is 1. The lowest BCUT2D eigenvalue weighted by atomic mass is 10.0. The summed E-state index contributed by atoms with van der Waals surface area (Å²) < 4.78 is 5.65. The molecule has 0 saturated carbocycles. The molecule has 84 valence electrons. The first-order valence-electron chi connectivity index (χ1n) is 5.62. The Hall–Kier alpha value is 0.270. The van der Waals surface area contributed by atoms with E-state index in [1.54, 1.807) is 0 Å². The second-order valence-electron chi connectivity index (χ2n) is 4.15. The summed E-state index contributed by atoms with van der Waals surface area (Å²) in [5, 5.41) is 3.68. The first-order chi connectivity index (χ1) is 6.76. The Labute approximate surface area is 92.2 Å². The molecular weight excluding hydrogens is 194 g/mol. The van der Waals surface area contributed by atoms with Gasteiger partial charge in [-0.15, -0.1) is 0 Å². The number of nitrogens with one attached hydrogen (secondary N) is 1. The van der Waals surface area contributed by atoms with Gasteiger partial charge in [0.1, 0.15) is 0 Å². The zero-order valence-corrected chi connectivity index (χ0v) is 10.4. The van der Waals surface area contributed by atoms with Crippen LogP contribution in [0.3, 0.4) is 0 Å². The number of ether oxygens (including phenoxy) is 1. The van der Waals surface area contributed by atoms with E-state index in [0.717, 1.165) is 13.0 Å². The monoisotopic (exact) mass is 217 g/mol. The molecule has 1 rings (SSSR count). The van der Waals surface area contributed by atoms with E-state index in [9.17, 15) is 0 Å². The van der Waals surface area contributed by atoms with Crippen molar-refractivity contribution < 1.29 is 4.74 Å². The van der Waals surface area contributed by atoms with Gasteiger partial charge in [-0.3, -0.25) is 0 Å². The van der Waals surface area contributed by atoms with Gasteiger partial charge in [-0.05, 0) is 32.4 Å². The molecule has 0 aromatic carbocycles. The van der Waals surface area contributed by atoms with Gasteiger partial charge in [-0.2, -0.15) is 11.8 Å². The Balaban J connectivity index is 2.22. The summed E-state index contributed by atoms with van der Waals surface area (Å²) in [5.41, 5.74) is 0. The molecule has 0 amide bonds. The first-order valence-corrected chi connectivity index (χ1v) is 7.02. The molecule has 1 aliphatic rings. The van der Waals surface area contributed by atoms with E-state index >= 15 is 0 Å². The van der Waals surface area contributed by atoms with Crippen LogP contribution in [-0.4, -0.2) is 36.8 Å². The maximum Gasteiger partial charge on any atom is 0.0587 e. The Bertz CT molecular complexity index is 154. The van der Waals surface area contributed by atoms with E-state index in [4.69, 9.17) is 4.74 Å². The second-order valence-corrected chi connectivity index (χ2v) is 5.06. The molecule has 0 radical (unpaired) electrons. The average Bonchev–Trinajstić information content (AvgIpc) is 2.18. The highest BCUT2D eigenvalue weighted by molar-refractivity contribution is 7.98. The highest BCUT2D eigenvalue weighted by atomic mass is 32.2. The lowest BCUT2D eigenvalue weighted by Gasteiger charge is -2.31. The van der Waals surface area contributed by atoms with Crippen LogP contribution in [0.4, 0.5) is 0 Å². The third-order valence-corrected chi connectivity index (χ3v) is 3.59. The van der Waals surface area contributed by atoms with Crippen molar-refractivity contribution in [2.24, 2.45) is 0 Å². The van der Waals surface area contributed by atoms with Gasteiger partial charge in [-0.1, -0.05) is 6.92 Å². The molecule has 14 heavy (non-hydrogen) atoms. The molecule has 3 unspecified atom stereocenters.